The van der Waals surface area contributed by atoms with Gasteiger partial charge in [-0.15, -0.1) is 0 Å². The summed E-state index contributed by atoms with van der Waals surface area (Å²) in [5, 5.41) is 3.06. The van der Waals surface area contributed by atoms with E-state index in [0.717, 1.165) is 31.0 Å². The first-order chi connectivity index (χ1) is 12.6. The highest BCUT2D eigenvalue weighted by Crippen LogP contribution is 2.18. The Hall–Kier alpha value is -1.98. The molecule has 5 heteroatoms. The van der Waals surface area contributed by atoms with Crippen LogP contribution in [0.25, 0.3) is 0 Å². The van der Waals surface area contributed by atoms with Crippen LogP contribution in [-0.4, -0.2) is 40.9 Å². The number of piperidine rings is 1. The Morgan fingerprint density at radius 2 is 1.88 bits per heavy atom. The highest BCUT2D eigenvalue weighted by Gasteiger charge is 2.20. The topological polar surface area (TPSA) is 49.4 Å². The Balaban J connectivity index is 1.49. The van der Waals surface area contributed by atoms with Crippen molar-refractivity contribution in [3.8, 4) is 0 Å². The summed E-state index contributed by atoms with van der Waals surface area (Å²) < 4.78 is 11.4. The first kappa shape index (κ1) is 18.8. The number of hydrogen-bond acceptors (Lipinski definition) is 3. The third-order valence-corrected chi connectivity index (χ3v) is 5.79. The van der Waals surface area contributed by atoms with Crippen molar-refractivity contribution >= 4 is 16.7 Å². The molecule has 1 N–H and O–H groups in total. The van der Waals surface area contributed by atoms with Crippen LogP contribution in [-0.2, 0) is 17.3 Å². The van der Waals surface area contributed by atoms with Gasteiger partial charge in [-0.25, -0.2) is 0 Å². The van der Waals surface area contributed by atoms with E-state index in [1.54, 1.807) is 30.5 Å². The summed E-state index contributed by atoms with van der Waals surface area (Å²) in [6, 6.07) is 17.5. The predicted octanol–water partition coefficient (Wildman–Crippen LogP) is 3.07. The highest BCUT2D eigenvalue weighted by molar-refractivity contribution is 7.84. The normalized spacial score (nSPS) is 19.0. The number of carbonyl (C=O) groups excluding carboxylic acids is 1. The third-order valence-electron chi connectivity index (χ3n) is 4.85. The summed E-state index contributed by atoms with van der Waals surface area (Å²) in [5.74, 6) is 0.428. The minimum absolute atomic E-state index is 0.0568. The molecule has 0 bridgehead atoms. The number of benzene rings is 2. The summed E-state index contributed by atoms with van der Waals surface area (Å²) in [4.78, 5) is 15.6. The Labute approximate surface area is 158 Å². The zero-order valence-corrected chi connectivity index (χ0v) is 16.0. The van der Waals surface area contributed by atoms with Gasteiger partial charge in [-0.05, 0) is 55.1 Å². The second kappa shape index (κ2) is 9.10. The monoisotopic (exact) mass is 370 g/mol. The van der Waals surface area contributed by atoms with E-state index < -0.39 is 10.8 Å². The molecule has 0 spiro atoms. The maximum Gasteiger partial charge on any atom is 0.251 e. The van der Waals surface area contributed by atoms with Crippen LogP contribution >= 0.6 is 0 Å². The van der Waals surface area contributed by atoms with E-state index in [-0.39, 0.29) is 5.91 Å². The van der Waals surface area contributed by atoms with Crippen LogP contribution in [0.4, 0.5) is 0 Å². The lowest BCUT2D eigenvalue weighted by atomic mass is 9.97. The molecule has 4 nitrogen and oxygen atoms in total. The largest absolute Gasteiger partial charge is 0.352 e. The molecule has 3 rings (SSSR count). The lowest BCUT2D eigenvalue weighted by molar-refractivity contribution is 0.0930. The van der Waals surface area contributed by atoms with Gasteiger partial charge in [0.05, 0.1) is 0 Å². The van der Waals surface area contributed by atoms with E-state index in [9.17, 15) is 9.00 Å². The number of nitrogens with zero attached hydrogens (tertiary/aromatic N) is 1. The van der Waals surface area contributed by atoms with E-state index in [2.05, 4.69) is 34.5 Å². The summed E-state index contributed by atoms with van der Waals surface area (Å²) in [5.41, 5.74) is 1.96. The van der Waals surface area contributed by atoms with E-state index in [4.69, 9.17) is 0 Å². The minimum atomic E-state index is -1.02. The number of rotatable bonds is 6. The fourth-order valence-electron chi connectivity index (χ4n) is 3.44. The Morgan fingerprint density at radius 1 is 1.15 bits per heavy atom. The van der Waals surface area contributed by atoms with Crippen molar-refractivity contribution in [3.63, 3.8) is 0 Å². The summed E-state index contributed by atoms with van der Waals surface area (Å²) in [6.07, 6.45) is 3.96. The fourth-order valence-corrected chi connectivity index (χ4v) is 3.96. The molecule has 0 radical (unpaired) electrons. The Morgan fingerprint density at radius 3 is 2.58 bits per heavy atom. The van der Waals surface area contributed by atoms with Crippen molar-refractivity contribution in [2.45, 2.75) is 24.3 Å². The number of nitrogens with one attached hydrogen (secondary N) is 1. The molecule has 26 heavy (non-hydrogen) atoms. The second-order valence-corrected chi connectivity index (χ2v) is 8.30. The van der Waals surface area contributed by atoms with Crippen molar-refractivity contribution in [2.24, 2.45) is 5.92 Å². The molecular weight excluding hydrogens is 344 g/mol. The Bertz CT molecular complexity index is 746. The second-order valence-electron chi connectivity index (χ2n) is 6.92. The summed E-state index contributed by atoms with van der Waals surface area (Å²) in [7, 11) is -1.02. The average molecular weight is 371 g/mol. The SMILES string of the molecule is C[S@@](=O)c1ccc(C(=O)NC[C@H]2CCCN(Cc3ccccc3)C2)cc1. The van der Waals surface area contributed by atoms with Crippen LogP contribution < -0.4 is 5.32 Å². The molecule has 2 atom stereocenters. The van der Waals surface area contributed by atoms with Crippen LogP contribution in [0.15, 0.2) is 59.5 Å². The molecule has 1 saturated heterocycles. The van der Waals surface area contributed by atoms with E-state index in [0.29, 0.717) is 18.0 Å². The van der Waals surface area contributed by atoms with Crippen LogP contribution in [0.3, 0.4) is 0 Å². The van der Waals surface area contributed by atoms with Gasteiger partial charge in [0, 0.05) is 47.1 Å². The molecule has 1 fully saturated rings. The van der Waals surface area contributed by atoms with Crippen molar-refractivity contribution in [1.29, 1.82) is 0 Å². The quantitative estimate of drug-likeness (QED) is 0.850. The maximum atomic E-state index is 12.3. The molecule has 0 aliphatic carbocycles. The van der Waals surface area contributed by atoms with E-state index in [1.165, 1.54) is 12.0 Å². The van der Waals surface area contributed by atoms with E-state index >= 15 is 0 Å². The third kappa shape index (κ3) is 5.26. The average Bonchev–Trinajstić information content (AvgIpc) is 2.67. The van der Waals surface area contributed by atoms with Crippen LogP contribution in [0.1, 0.15) is 28.8 Å². The first-order valence-electron chi connectivity index (χ1n) is 9.10. The predicted molar refractivity (Wildman–Crippen MR) is 106 cm³/mol. The van der Waals surface area contributed by atoms with Gasteiger partial charge in [0.1, 0.15) is 0 Å². The molecule has 1 heterocycles. The zero-order valence-electron chi connectivity index (χ0n) is 15.2. The minimum Gasteiger partial charge on any atom is -0.352 e. The standard InChI is InChI=1S/C21H26N2O2S/c1-26(25)20-11-9-19(10-12-20)21(24)22-14-18-8-5-13-23(16-18)15-17-6-3-2-4-7-17/h2-4,6-7,9-12,18H,5,8,13-16H2,1H3,(H,22,24)/t18-,26-/m1/s1. The molecule has 0 unspecified atom stereocenters. The molecule has 138 valence electrons. The van der Waals surface area contributed by atoms with Gasteiger partial charge in [0.2, 0.25) is 0 Å². The maximum absolute atomic E-state index is 12.3. The molecule has 1 amide bonds. The van der Waals surface area contributed by atoms with E-state index in [1.807, 2.05) is 6.07 Å². The number of amides is 1. The van der Waals surface area contributed by atoms with Gasteiger partial charge in [-0.2, -0.15) is 0 Å². The van der Waals surface area contributed by atoms with Crippen molar-refractivity contribution < 1.29 is 9.00 Å². The number of likely N-dealkylation sites (tertiary alicyclic amines) is 1. The lowest BCUT2D eigenvalue weighted by Crippen LogP contribution is -2.40. The van der Waals surface area contributed by atoms with Crippen molar-refractivity contribution in [1.82, 2.24) is 10.2 Å². The molecular formula is C21H26N2O2S. The van der Waals surface area contributed by atoms with Gasteiger partial charge >= 0.3 is 0 Å². The number of carbonyl (C=O) groups is 1. The Kier molecular flexibility index (Phi) is 6.58. The lowest BCUT2D eigenvalue weighted by Gasteiger charge is -2.32. The zero-order chi connectivity index (χ0) is 18.4. The number of hydrogen-bond donors (Lipinski definition) is 1. The van der Waals surface area contributed by atoms with Gasteiger partial charge < -0.3 is 5.32 Å². The van der Waals surface area contributed by atoms with Crippen molar-refractivity contribution in [3.05, 3.63) is 65.7 Å². The first-order valence-corrected chi connectivity index (χ1v) is 10.7. The highest BCUT2D eigenvalue weighted by atomic mass is 32.2. The van der Waals surface area contributed by atoms with Crippen LogP contribution in [0.2, 0.25) is 0 Å². The summed E-state index contributed by atoms with van der Waals surface area (Å²) >= 11 is 0. The van der Waals surface area contributed by atoms with Gasteiger partial charge in [0.25, 0.3) is 5.91 Å². The molecule has 0 aromatic heterocycles. The molecule has 0 saturated carbocycles. The molecule has 2 aromatic rings. The van der Waals surface area contributed by atoms with Crippen LogP contribution in [0, 0.1) is 5.92 Å². The summed E-state index contributed by atoms with van der Waals surface area (Å²) in [6.45, 7) is 3.81. The van der Waals surface area contributed by atoms with Crippen LogP contribution in [0.5, 0.6) is 0 Å². The van der Waals surface area contributed by atoms with Gasteiger partial charge in [-0.3, -0.25) is 13.9 Å². The van der Waals surface area contributed by atoms with Crippen molar-refractivity contribution in [2.75, 3.05) is 25.9 Å². The molecule has 1 aliphatic rings. The fraction of sp³-hybridized carbons (Fsp3) is 0.381. The van der Waals surface area contributed by atoms with Gasteiger partial charge in [-0.1, -0.05) is 30.3 Å². The smallest absolute Gasteiger partial charge is 0.251 e. The molecule has 1 aliphatic heterocycles. The van der Waals surface area contributed by atoms with Gasteiger partial charge in [0.15, 0.2) is 0 Å². The molecule has 2 aromatic carbocycles.